The topological polar surface area (TPSA) is 26.0 Å². The van der Waals surface area contributed by atoms with Crippen molar-refractivity contribution in [2.75, 3.05) is 6.54 Å². The van der Waals surface area contributed by atoms with E-state index in [-0.39, 0.29) is 6.54 Å². The van der Waals surface area contributed by atoms with E-state index in [0.29, 0.717) is 10.6 Å². The normalized spacial score (nSPS) is 15.7. The van der Waals surface area contributed by atoms with Gasteiger partial charge in [-0.05, 0) is 13.0 Å². The van der Waals surface area contributed by atoms with Crippen LogP contribution in [0.3, 0.4) is 0 Å². The molecule has 1 atom stereocenters. The minimum Gasteiger partial charge on any atom is -0.327 e. The van der Waals surface area contributed by atoms with Gasteiger partial charge in [-0.3, -0.25) is 0 Å². The maximum absolute atomic E-state index is 13.6. The monoisotopic (exact) mass is 187 g/mol. The second kappa shape index (κ2) is 3.42. The Hall–Kier alpha value is -0.600. The molecule has 0 radical (unpaired) electrons. The van der Waals surface area contributed by atoms with Crippen molar-refractivity contribution in [2.24, 2.45) is 5.73 Å². The summed E-state index contributed by atoms with van der Waals surface area (Å²) in [5.74, 6) is 0. The van der Waals surface area contributed by atoms with E-state index in [4.69, 9.17) is 17.3 Å². The largest absolute Gasteiger partial charge is 0.327 e. The highest BCUT2D eigenvalue weighted by molar-refractivity contribution is 6.31. The van der Waals surface area contributed by atoms with Crippen molar-refractivity contribution in [1.29, 1.82) is 0 Å². The summed E-state index contributed by atoms with van der Waals surface area (Å²) in [7, 11) is 0. The van der Waals surface area contributed by atoms with Crippen molar-refractivity contribution in [3.63, 3.8) is 0 Å². The predicted molar refractivity (Wildman–Crippen MR) is 49.0 cm³/mol. The number of nitrogens with two attached hydrogens (primary N) is 1. The van der Waals surface area contributed by atoms with Crippen LogP contribution in [-0.4, -0.2) is 6.54 Å². The second-order valence-electron chi connectivity index (χ2n) is 2.88. The molecule has 0 amide bonds. The summed E-state index contributed by atoms with van der Waals surface area (Å²) < 4.78 is 13.6. The molecule has 1 aromatic carbocycles. The van der Waals surface area contributed by atoms with Gasteiger partial charge in [0.1, 0.15) is 5.67 Å². The van der Waals surface area contributed by atoms with Crippen molar-refractivity contribution < 1.29 is 4.39 Å². The third-order valence-corrected chi connectivity index (χ3v) is 2.15. The summed E-state index contributed by atoms with van der Waals surface area (Å²) >= 11 is 5.79. The number of hydrogen-bond acceptors (Lipinski definition) is 1. The number of alkyl halides is 1. The Labute approximate surface area is 76.3 Å². The average molecular weight is 188 g/mol. The van der Waals surface area contributed by atoms with Crippen molar-refractivity contribution in [1.82, 2.24) is 0 Å². The lowest BCUT2D eigenvalue weighted by Gasteiger charge is -2.19. The summed E-state index contributed by atoms with van der Waals surface area (Å²) in [6.45, 7) is 1.37. The molecule has 0 aliphatic rings. The maximum atomic E-state index is 13.6. The first-order chi connectivity index (χ1) is 5.58. The van der Waals surface area contributed by atoms with E-state index < -0.39 is 5.67 Å². The second-order valence-corrected chi connectivity index (χ2v) is 3.29. The third-order valence-electron chi connectivity index (χ3n) is 1.82. The molecule has 66 valence electrons. The standard InChI is InChI=1S/C9H11ClFN/c1-9(11,6-12)7-4-2-3-5-8(7)10/h2-5H,6,12H2,1H3. The molecule has 0 saturated heterocycles. The average Bonchev–Trinajstić information content (AvgIpc) is 2.05. The Morgan fingerprint density at radius 3 is 2.58 bits per heavy atom. The maximum Gasteiger partial charge on any atom is 0.146 e. The van der Waals surface area contributed by atoms with Gasteiger partial charge in [0.25, 0.3) is 0 Å². The zero-order valence-electron chi connectivity index (χ0n) is 6.85. The molecule has 0 aliphatic heterocycles. The number of benzene rings is 1. The third kappa shape index (κ3) is 1.76. The fraction of sp³-hybridized carbons (Fsp3) is 0.333. The molecule has 0 spiro atoms. The van der Waals surface area contributed by atoms with Gasteiger partial charge in [-0.15, -0.1) is 0 Å². The Kier molecular flexibility index (Phi) is 2.70. The van der Waals surface area contributed by atoms with Gasteiger partial charge in [0.2, 0.25) is 0 Å². The van der Waals surface area contributed by atoms with E-state index in [1.807, 2.05) is 0 Å². The van der Waals surface area contributed by atoms with E-state index >= 15 is 0 Å². The zero-order valence-corrected chi connectivity index (χ0v) is 7.61. The Morgan fingerprint density at radius 1 is 1.50 bits per heavy atom. The first-order valence-corrected chi connectivity index (χ1v) is 4.10. The molecule has 0 aliphatic carbocycles. The first kappa shape index (κ1) is 9.49. The summed E-state index contributed by atoms with van der Waals surface area (Å²) in [4.78, 5) is 0. The summed E-state index contributed by atoms with van der Waals surface area (Å²) in [6.07, 6.45) is 0. The molecule has 0 aromatic heterocycles. The molecule has 2 N–H and O–H groups in total. The molecule has 1 rings (SSSR count). The van der Waals surface area contributed by atoms with Crippen LogP contribution in [0.25, 0.3) is 0 Å². The van der Waals surface area contributed by atoms with E-state index in [1.165, 1.54) is 6.92 Å². The number of halogens is 2. The molecule has 3 heteroatoms. The minimum atomic E-state index is -1.53. The van der Waals surface area contributed by atoms with Crippen LogP contribution in [-0.2, 0) is 5.67 Å². The van der Waals surface area contributed by atoms with Gasteiger partial charge in [-0.1, -0.05) is 29.8 Å². The van der Waals surface area contributed by atoms with Gasteiger partial charge in [0.15, 0.2) is 0 Å². The lowest BCUT2D eigenvalue weighted by molar-refractivity contribution is 0.203. The Bertz CT molecular complexity index is 273. The number of rotatable bonds is 2. The first-order valence-electron chi connectivity index (χ1n) is 3.72. The van der Waals surface area contributed by atoms with Crippen LogP contribution in [0.4, 0.5) is 4.39 Å². The van der Waals surface area contributed by atoms with E-state index in [0.717, 1.165) is 0 Å². The van der Waals surface area contributed by atoms with Crippen molar-refractivity contribution in [2.45, 2.75) is 12.6 Å². The zero-order chi connectivity index (χ0) is 9.19. The van der Waals surface area contributed by atoms with Crippen molar-refractivity contribution in [3.05, 3.63) is 34.9 Å². The highest BCUT2D eigenvalue weighted by atomic mass is 35.5. The quantitative estimate of drug-likeness (QED) is 0.757. The highest BCUT2D eigenvalue weighted by Gasteiger charge is 2.25. The molecular weight excluding hydrogens is 177 g/mol. The fourth-order valence-electron chi connectivity index (χ4n) is 0.994. The van der Waals surface area contributed by atoms with E-state index in [1.54, 1.807) is 24.3 Å². The van der Waals surface area contributed by atoms with Crippen molar-refractivity contribution in [3.8, 4) is 0 Å². The molecule has 1 unspecified atom stereocenters. The molecule has 0 fully saturated rings. The van der Waals surface area contributed by atoms with Gasteiger partial charge >= 0.3 is 0 Å². The van der Waals surface area contributed by atoms with Gasteiger partial charge in [0.05, 0.1) is 0 Å². The smallest absolute Gasteiger partial charge is 0.146 e. The van der Waals surface area contributed by atoms with Crippen LogP contribution in [0.5, 0.6) is 0 Å². The van der Waals surface area contributed by atoms with Crippen LogP contribution in [0, 0.1) is 0 Å². The Balaban J connectivity index is 3.10. The minimum absolute atomic E-state index is 0.0588. The predicted octanol–water partition coefficient (Wildman–Crippen LogP) is 2.48. The summed E-state index contributed by atoms with van der Waals surface area (Å²) in [5.41, 5.74) is 4.20. The lowest BCUT2D eigenvalue weighted by Crippen LogP contribution is -2.26. The molecule has 0 heterocycles. The molecule has 0 bridgehead atoms. The number of hydrogen-bond donors (Lipinski definition) is 1. The van der Waals surface area contributed by atoms with Crippen LogP contribution in [0.1, 0.15) is 12.5 Å². The Morgan fingerprint density at radius 2 is 2.08 bits per heavy atom. The van der Waals surface area contributed by atoms with Gasteiger partial charge in [-0.2, -0.15) is 0 Å². The molecular formula is C9H11ClFN. The molecule has 0 saturated carbocycles. The van der Waals surface area contributed by atoms with Crippen LogP contribution >= 0.6 is 11.6 Å². The summed E-state index contributed by atoms with van der Waals surface area (Å²) in [5, 5.41) is 0.424. The van der Waals surface area contributed by atoms with Crippen molar-refractivity contribution >= 4 is 11.6 Å². The van der Waals surface area contributed by atoms with E-state index in [9.17, 15) is 4.39 Å². The highest BCUT2D eigenvalue weighted by Crippen LogP contribution is 2.29. The molecule has 1 aromatic rings. The van der Waals surface area contributed by atoms with Gasteiger partial charge in [0, 0.05) is 17.1 Å². The van der Waals surface area contributed by atoms with E-state index in [2.05, 4.69) is 0 Å². The van der Waals surface area contributed by atoms with Crippen LogP contribution < -0.4 is 5.73 Å². The van der Waals surface area contributed by atoms with Crippen LogP contribution in [0.15, 0.2) is 24.3 Å². The molecule has 1 nitrogen and oxygen atoms in total. The van der Waals surface area contributed by atoms with Crippen LogP contribution in [0.2, 0.25) is 5.02 Å². The lowest BCUT2D eigenvalue weighted by atomic mass is 9.98. The molecule has 12 heavy (non-hydrogen) atoms. The van der Waals surface area contributed by atoms with Gasteiger partial charge in [-0.25, -0.2) is 4.39 Å². The summed E-state index contributed by atoms with van der Waals surface area (Å²) in [6, 6.07) is 6.81. The van der Waals surface area contributed by atoms with Gasteiger partial charge < -0.3 is 5.73 Å². The fourth-order valence-corrected chi connectivity index (χ4v) is 1.33. The SMILES string of the molecule is CC(F)(CN)c1ccccc1Cl.